The Labute approximate surface area is 169 Å². The molecule has 4 heteroatoms. The van der Waals surface area contributed by atoms with Gasteiger partial charge >= 0.3 is 5.95 Å². The molecule has 0 aliphatic heterocycles. The SMILES string of the molecule is CCCCCOCOC(OCCCCC)=C(CCCCC)OCCCCC. The minimum absolute atomic E-state index is 0.239. The molecule has 0 amide bonds. The van der Waals surface area contributed by atoms with Crippen LogP contribution in [0, 0.1) is 0 Å². The lowest BCUT2D eigenvalue weighted by molar-refractivity contribution is -0.0845. The molecule has 0 aliphatic rings. The molecule has 0 aliphatic carbocycles. The molecule has 4 nitrogen and oxygen atoms in total. The van der Waals surface area contributed by atoms with Crippen molar-refractivity contribution in [3.63, 3.8) is 0 Å². The lowest BCUT2D eigenvalue weighted by atomic mass is 10.2. The summed E-state index contributed by atoms with van der Waals surface area (Å²) in [5.41, 5.74) is 0. The first kappa shape index (κ1) is 26.1. The first-order valence-corrected chi connectivity index (χ1v) is 11.5. The first-order valence-electron chi connectivity index (χ1n) is 11.5. The molecule has 0 rings (SSSR count). The van der Waals surface area contributed by atoms with Gasteiger partial charge in [0.15, 0.2) is 12.6 Å². The molecule has 0 bridgehead atoms. The van der Waals surface area contributed by atoms with Crippen molar-refractivity contribution in [3.05, 3.63) is 11.7 Å². The molecule has 0 atom stereocenters. The average Bonchev–Trinajstić information content (AvgIpc) is 2.68. The van der Waals surface area contributed by atoms with Gasteiger partial charge in [0.2, 0.25) is 0 Å². The molecule has 0 aromatic heterocycles. The number of unbranched alkanes of at least 4 members (excludes halogenated alkanes) is 8. The third-order valence-electron chi connectivity index (χ3n) is 4.41. The minimum Gasteiger partial charge on any atom is -0.491 e. The maximum atomic E-state index is 6.08. The van der Waals surface area contributed by atoms with Crippen LogP contribution in [0.2, 0.25) is 0 Å². The Balaban J connectivity index is 4.70. The van der Waals surface area contributed by atoms with Crippen molar-refractivity contribution < 1.29 is 18.9 Å². The number of allylic oxidation sites excluding steroid dienone is 1. The van der Waals surface area contributed by atoms with Crippen molar-refractivity contribution in [2.45, 2.75) is 111 Å². The van der Waals surface area contributed by atoms with Gasteiger partial charge in [0.25, 0.3) is 0 Å². The minimum atomic E-state index is 0.239. The lowest BCUT2D eigenvalue weighted by Gasteiger charge is -2.18. The topological polar surface area (TPSA) is 36.9 Å². The summed E-state index contributed by atoms with van der Waals surface area (Å²) in [5.74, 6) is 1.42. The zero-order valence-corrected chi connectivity index (χ0v) is 18.7. The van der Waals surface area contributed by atoms with E-state index in [-0.39, 0.29) is 6.79 Å². The predicted octanol–water partition coefficient (Wildman–Crippen LogP) is 7.33. The van der Waals surface area contributed by atoms with Gasteiger partial charge < -0.3 is 18.9 Å². The zero-order chi connectivity index (χ0) is 20.0. The maximum absolute atomic E-state index is 6.08. The molecule has 0 aromatic rings. The Morgan fingerprint density at radius 1 is 0.519 bits per heavy atom. The summed E-state index contributed by atoms with van der Waals surface area (Å²) >= 11 is 0. The predicted molar refractivity (Wildman–Crippen MR) is 114 cm³/mol. The van der Waals surface area contributed by atoms with Crippen molar-refractivity contribution in [3.8, 4) is 0 Å². The summed E-state index contributed by atoms with van der Waals surface area (Å²) in [7, 11) is 0. The molecule has 0 spiro atoms. The molecule has 0 saturated carbocycles. The van der Waals surface area contributed by atoms with Crippen molar-refractivity contribution >= 4 is 0 Å². The van der Waals surface area contributed by atoms with Crippen LogP contribution in [0.1, 0.15) is 111 Å². The highest BCUT2D eigenvalue weighted by molar-refractivity contribution is 4.95. The molecule has 27 heavy (non-hydrogen) atoms. The van der Waals surface area contributed by atoms with Gasteiger partial charge in [0.1, 0.15) is 0 Å². The molecule has 162 valence electrons. The maximum Gasteiger partial charge on any atom is 0.321 e. The van der Waals surface area contributed by atoms with Crippen LogP contribution < -0.4 is 0 Å². The highest BCUT2D eigenvalue weighted by atomic mass is 16.7. The van der Waals surface area contributed by atoms with Crippen LogP contribution in [0.5, 0.6) is 0 Å². The highest BCUT2D eigenvalue weighted by Gasteiger charge is 2.13. The van der Waals surface area contributed by atoms with Gasteiger partial charge in [-0.1, -0.05) is 79.1 Å². The fourth-order valence-corrected chi connectivity index (χ4v) is 2.64. The fourth-order valence-electron chi connectivity index (χ4n) is 2.64. The van der Waals surface area contributed by atoms with Gasteiger partial charge in [-0.05, 0) is 25.7 Å². The van der Waals surface area contributed by atoms with Crippen molar-refractivity contribution in [2.75, 3.05) is 26.6 Å². The van der Waals surface area contributed by atoms with Gasteiger partial charge in [0, 0.05) is 6.42 Å². The van der Waals surface area contributed by atoms with Crippen molar-refractivity contribution in [2.24, 2.45) is 0 Å². The molecule has 0 fully saturated rings. The number of hydrogen-bond donors (Lipinski definition) is 0. The van der Waals surface area contributed by atoms with Gasteiger partial charge in [-0.2, -0.15) is 0 Å². The van der Waals surface area contributed by atoms with E-state index in [1.165, 1.54) is 51.4 Å². The largest absolute Gasteiger partial charge is 0.491 e. The molecule has 0 aromatic carbocycles. The summed E-state index contributed by atoms with van der Waals surface area (Å²) in [6.07, 6.45) is 14.7. The highest BCUT2D eigenvalue weighted by Crippen LogP contribution is 2.19. The first-order chi connectivity index (χ1) is 13.3. The summed E-state index contributed by atoms with van der Waals surface area (Å²) in [6.45, 7) is 11.2. The van der Waals surface area contributed by atoms with E-state index < -0.39 is 0 Å². The Bertz CT molecular complexity index is 328. The number of ether oxygens (including phenoxy) is 4. The van der Waals surface area contributed by atoms with E-state index in [9.17, 15) is 0 Å². The average molecular weight is 387 g/mol. The fraction of sp³-hybridized carbons (Fsp3) is 0.913. The van der Waals surface area contributed by atoms with E-state index in [0.717, 1.165) is 51.1 Å². The summed E-state index contributed by atoms with van der Waals surface area (Å²) in [6, 6.07) is 0. The molecule has 0 heterocycles. The standard InChI is InChI=1S/C23H46O4/c1-5-9-13-17-22(25-19-15-11-7-3)23(26-20-16-12-8-4)27-21-24-18-14-10-6-2/h5-21H2,1-4H3. The summed E-state index contributed by atoms with van der Waals surface area (Å²) < 4.78 is 23.5. The Morgan fingerprint density at radius 3 is 1.63 bits per heavy atom. The molecular formula is C23H46O4. The summed E-state index contributed by atoms with van der Waals surface area (Å²) in [5, 5.41) is 0. The van der Waals surface area contributed by atoms with Crippen molar-refractivity contribution in [1.29, 1.82) is 0 Å². The smallest absolute Gasteiger partial charge is 0.321 e. The molecule has 0 N–H and O–H groups in total. The van der Waals surface area contributed by atoms with Gasteiger partial charge in [-0.15, -0.1) is 0 Å². The molecule has 0 saturated heterocycles. The van der Waals surface area contributed by atoms with E-state index in [1.807, 2.05) is 0 Å². The van der Waals surface area contributed by atoms with Crippen LogP contribution in [-0.4, -0.2) is 26.6 Å². The Morgan fingerprint density at radius 2 is 1.04 bits per heavy atom. The van der Waals surface area contributed by atoms with E-state index in [1.54, 1.807) is 0 Å². The monoisotopic (exact) mass is 386 g/mol. The second-order valence-electron chi connectivity index (χ2n) is 7.16. The van der Waals surface area contributed by atoms with Crippen LogP contribution in [0.4, 0.5) is 0 Å². The number of rotatable bonds is 21. The van der Waals surface area contributed by atoms with Crippen LogP contribution in [0.15, 0.2) is 11.7 Å². The normalized spacial score (nSPS) is 12.0. The summed E-state index contributed by atoms with van der Waals surface area (Å²) in [4.78, 5) is 0. The van der Waals surface area contributed by atoms with Crippen molar-refractivity contribution in [1.82, 2.24) is 0 Å². The second kappa shape index (κ2) is 21.4. The third-order valence-corrected chi connectivity index (χ3v) is 4.41. The Kier molecular flexibility index (Phi) is 20.7. The van der Waals surface area contributed by atoms with E-state index >= 15 is 0 Å². The van der Waals surface area contributed by atoms with Gasteiger partial charge in [-0.25, -0.2) is 0 Å². The van der Waals surface area contributed by atoms with Gasteiger partial charge in [0.05, 0.1) is 19.8 Å². The number of hydrogen-bond acceptors (Lipinski definition) is 4. The Hall–Kier alpha value is -0.900. The molecular weight excluding hydrogens is 340 g/mol. The van der Waals surface area contributed by atoms with Crippen LogP contribution in [0.25, 0.3) is 0 Å². The molecule has 0 unspecified atom stereocenters. The van der Waals surface area contributed by atoms with E-state index in [0.29, 0.717) is 12.6 Å². The third kappa shape index (κ3) is 17.0. The second-order valence-corrected chi connectivity index (χ2v) is 7.16. The quantitative estimate of drug-likeness (QED) is 0.117. The lowest BCUT2D eigenvalue weighted by Crippen LogP contribution is -2.10. The zero-order valence-electron chi connectivity index (χ0n) is 18.7. The van der Waals surface area contributed by atoms with E-state index in [2.05, 4.69) is 27.7 Å². The van der Waals surface area contributed by atoms with Crippen LogP contribution in [0.3, 0.4) is 0 Å². The van der Waals surface area contributed by atoms with Gasteiger partial charge in [-0.3, -0.25) is 0 Å². The molecule has 0 radical (unpaired) electrons. The van der Waals surface area contributed by atoms with Crippen LogP contribution >= 0.6 is 0 Å². The van der Waals surface area contributed by atoms with E-state index in [4.69, 9.17) is 18.9 Å². The van der Waals surface area contributed by atoms with Crippen LogP contribution in [-0.2, 0) is 18.9 Å².